The predicted octanol–water partition coefficient (Wildman–Crippen LogP) is 10.1. The van der Waals surface area contributed by atoms with Gasteiger partial charge >= 0.3 is 0 Å². The maximum Gasteiger partial charge on any atom is 0.193 e. The Balaban J connectivity index is 1.57. The van der Waals surface area contributed by atoms with Crippen molar-refractivity contribution in [3.63, 3.8) is 0 Å². The Morgan fingerprint density at radius 1 is 0.661 bits per heavy atom. The van der Waals surface area contributed by atoms with Gasteiger partial charge in [0, 0.05) is 5.56 Å². The van der Waals surface area contributed by atoms with Gasteiger partial charge in [0.2, 0.25) is 0 Å². The van der Waals surface area contributed by atoms with Crippen molar-refractivity contribution in [2.24, 2.45) is 0 Å². The van der Waals surface area contributed by atoms with Gasteiger partial charge in [0.25, 0.3) is 0 Å². The molecule has 5 rings (SSSR count). The van der Waals surface area contributed by atoms with E-state index in [-0.39, 0.29) is 34.1 Å². The van der Waals surface area contributed by atoms with Crippen LogP contribution in [0, 0.1) is 0 Å². The fourth-order valence-corrected chi connectivity index (χ4v) is 10.1. The quantitative estimate of drug-likeness (QED) is 0.194. The molecular formula is C44H70O9Si3. The molecule has 0 radical (unpaired) electrons. The topological polar surface area (TPSA) is 90.9 Å². The molecule has 0 unspecified atom stereocenters. The zero-order chi connectivity index (χ0) is 41.5. The summed E-state index contributed by atoms with van der Waals surface area (Å²) in [7, 11) is -7.36. The van der Waals surface area contributed by atoms with E-state index in [1.807, 2.05) is 60.7 Å². The molecule has 2 aliphatic heterocycles. The molecule has 0 N–H and O–H groups in total. The molecule has 12 heteroatoms. The van der Waals surface area contributed by atoms with Gasteiger partial charge in [-0.3, -0.25) is 4.79 Å². The minimum Gasteiger partial charge on any atom is -0.408 e. The van der Waals surface area contributed by atoms with E-state index >= 15 is 0 Å². The molecule has 0 amide bonds. The van der Waals surface area contributed by atoms with Crippen LogP contribution < -0.4 is 0 Å². The predicted molar refractivity (Wildman–Crippen MR) is 229 cm³/mol. The van der Waals surface area contributed by atoms with Crippen molar-refractivity contribution in [3.8, 4) is 0 Å². The van der Waals surface area contributed by atoms with Gasteiger partial charge in [0.15, 0.2) is 43.3 Å². The third-order valence-electron chi connectivity index (χ3n) is 13.0. The van der Waals surface area contributed by atoms with Crippen LogP contribution in [0.2, 0.25) is 54.4 Å². The first-order chi connectivity index (χ1) is 25.8. The maximum absolute atomic E-state index is 13.8. The maximum atomic E-state index is 13.8. The van der Waals surface area contributed by atoms with E-state index in [1.165, 1.54) is 0 Å². The zero-order valence-corrected chi connectivity index (χ0v) is 39.7. The van der Waals surface area contributed by atoms with E-state index < -0.39 is 80.3 Å². The lowest BCUT2D eigenvalue weighted by Gasteiger charge is -2.54. The van der Waals surface area contributed by atoms with Crippen molar-refractivity contribution in [1.82, 2.24) is 0 Å². The first kappa shape index (κ1) is 45.3. The van der Waals surface area contributed by atoms with Crippen LogP contribution >= 0.6 is 0 Å². The number of ketones is 1. The molecule has 0 spiro atoms. The van der Waals surface area contributed by atoms with Crippen LogP contribution in [0.5, 0.6) is 0 Å². The van der Waals surface area contributed by atoms with Crippen LogP contribution in [0.1, 0.15) is 79.7 Å². The molecule has 0 bridgehead atoms. The molecule has 0 aromatic heterocycles. The van der Waals surface area contributed by atoms with Crippen LogP contribution in [0.3, 0.4) is 0 Å². The van der Waals surface area contributed by atoms with Gasteiger partial charge < -0.3 is 37.0 Å². The van der Waals surface area contributed by atoms with E-state index in [4.69, 9.17) is 37.0 Å². The Morgan fingerprint density at radius 2 is 1.18 bits per heavy atom. The van der Waals surface area contributed by atoms with E-state index in [2.05, 4.69) is 102 Å². The highest BCUT2D eigenvalue weighted by atomic mass is 28.4. The first-order valence-electron chi connectivity index (χ1n) is 20.4. The molecule has 2 aromatic rings. The highest BCUT2D eigenvalue weighted by molar-refractivity contribution is 6.75. The Labute approximate surface area is 340 Å². The Hall–Kier alpha value is -1.82. The van der Waals surface area contributed by atoms with Crippen molar-refractivity contribution < 1.29 is 41.8 Å². The van der Waals surface area contributed by atoms with Crippen LogP contribution in [0.4, 0.5) is 0 Å². The summed E-state index contributed by atoms with van der Waals surface area (Å²) >= 11 is 0. The summed E-state index contributed by atoms with van der Waals surface area (Å²) in [5, 5.41) is -0.356. The zero-order valence-electron chi connectivity index (χ0n) is 36.7. The number of hydrogen-bond donors (Lipinski definition) is 0. The number of carbonyl (C=O) groups is 1. The molecule has 3 aliphatic rings. The highest BCUT2D eigenvalue weighted by Crippen LogP contribution is 2.46. The fourth-order valence-electron chi connectivity index (χ4n) is 6.30. The second-order valence-corrected chi connectivity index (χ2v) is 34.6. The second kappa shape index (κ2) is 17.0. The van der Waals surface area contributed by atoms with Gasteiger partial charge in [-0.05, 0) is 72.1 Å². The summed E-state index contributed by atoms with van der Waals surface area (Å²) in [5.41, 5.74) is 1.92. The minimum absolute atomic E-state index is 0.0974. The molecule has 0 saturated carbocycles. The van der Waals surface area contributed by atoms with Crippen molar-refractivity contribution >= 4 is 30.7 Å². The number of benzene rings is 2. The number of rotatable bonds is 12. The largest absolute Gasteiger partial charge is 0.408 e. The highest BCUT2D eigenvalue weighted by Gasteiger charge is 2.58. The molecule has 56 heavy (non-hydrogen) atoms. The van der Waals surface area contributed by atoms with Gasteiger partial charge in [-0.1, -0.05) is 123 Å². The monoisotopic (exact) mass is 826 g/mol. The van der Waals surface area contributed by atoms with Gasteiger partial charge in [-0.2, -0.15) is 0 Å². The summed E-state index contributed by atoms with van der Waals surface area (Å²) in [5.74, 6) is -0.133. The molecule has 2 heterocycles. The van der Waals surface area contributed by atoms with Crippen molar-refractivity contribution in [2.75, 3.05) is 6.61 Å². The van der Waals surface area contributed by atoms with Crippen molar-refractivity contribution in [2.45, 2.75) is 179 Å². The summed E-state index contributed by atoms with van der Waals surface area (Å²) in [6.07, 6.45) is -2.64. The Morgan fingerprint density at radius 3 is 1.73 bits per heavy atom. The van der Waals surface area contributed by atoms with E-state index in [0.717, 1.165) is 11.1 Å². The summed E-state index contributed by atoms with van der Waals surface area (Å²) in [4.78, 5) is 13.8. The fraction of sp³-hybridized carbons (Fsp3) is 0.659. The van der Waals surface area contributed by atoms with E-state index in [0.29, 0.717) is 0 Å². The number of carbonyl (C=O) groups excluding carboxylic acids is 1. The minimum atomic E-state index is -2.49. The van der Waals surface area contributed by atoms with Gasteiger partial charge in [-0.15, -0.1) is 0 Å². The van der Waals surface area contributed by atoms with E-state index in [9.17, 15) is 4.79 Å². The average Bonchev–Trinajstić information content (AvgIpc) is 3.09. The average molecular weight is 827 g/mol. The second-order valence-electron chi connectivity index (χ2n) is 20.3. The summed E-state index contributed by atoms with van der Waals surface area (Å²) in [6, 6.07) is 20.0. The van der Waals surface area contributed by atoms with Crippen molar-refractivity contribution in [1.29, 1.82) is 0 Å². The number of hydrogen-bond acceptors (Lipinski definition) is 9. The number of ether oxygens (including phenoxy) is 5. The van der Waals surface area contributed by atoms with Gasteiger partial charge in [-0.25, -0.2) is 0 Å². The van der Waals surface area contributed by atoms with Crippen LogP contribution in [-0.2, 0) is 48.4 Å². The molecule has 2 fully saturated rings. The van der Waals surface area contributed by atoms with Crippen LogP contribution in [0.25, 0.3) is 0 Å². The molecule has 9 atom stereocenters. The van der Waals surface area contributed by atoms with E-state index in [1.54, 1.807) is 12.2 Å². The molecule has 2 saturated heterocycles. The molecule has 1 aliphatic carbocycles. The van der Waals surface area contributed by atoms with Crippen molar-refractivity contribution in [3.05, 3.63) is 83.9 Å². The lowest BCUT2D eigenvalue weighted by Crippen LogP contribution is -2.68. The molecular weight excluding hydrogens is 757 g/mol. The molecule has 312 valence electrons. The lowest BCUT2D eigenvalue weighted by atomic mass is 9.95. The molecule has 2 aromatic carbocycles. The Bertz CT molecular complexity index is 1630. The van der Waals surface area contributed by atoms with Crippen LogP contribution in [0.15, 0.2) is 72.8 Å². The summed E-state index contributed by atoms with van der Waals surface area (Å²) < 4.78 is 55.8. The van der Waals surface area contributed by atoms with Crippen LogP contribution in [-0.4, -0.2) is 86.4 Å². The smallest absolute Gasteiger partial charge is 0.193 e. The third kappa shape index (κ3) is 10.3. The number of fused-ring (bicyclic) bond motifs is 1. The first-order valence-corrected chi connectivity index (χ1v) is 29.1. The molecule has 9 nitrogen and oxygen atoms in total. The standard InChI is InChI=1S/C44H70O9Si3/c1-42(2,3)54(10,11)51-35-32(45)26-27-33(36(35)46-28-30-22-18-16-19-23-30)48-41-39(53-56(14,15)44(7,8)9)38(52-55(12,13)43(4,5)6)37-34(49-41)29-47-40(50-37)31-24-20-17-21-25-31/h16-27,33-41H,28-29H2,1-15H3/t33-,34-,35+,36+,37-,38+,39-,40-,41-/m1/s1. The van der Waals surface area contributed by atoms with Gasteiger partial charge in [0.1, 0.15) is 42.7 Å². The third-order valence-corrected chi connectivity index (χ3v) is 26.4. The SMILES string of the molecule is CC(C)(C)[Si](C)(C)O[C@@H]1[C@@H](O[Si](C)(C)C(C)(C)C)[C@H](O[C@@H]2C=CC(=O)[C@H](O[Si](C)(C)C(C)(C)C)[C@H]2OCc2ccccc2)O[C@@H]2CO[C@@H](c3ccccc3)O[C@@H]12. The Kier molecular flexibility index (Phi) is 13.8. The normalized spacial score (nSPS) is 29.6. The lowest BCUT2D eigenvalue weighted by molar-refractivity contribution is -0.363. The van der Waals surface area contributed by atoms with Gasteiger partial charge in [0.05, 0.1) is 13.2 Å². The summed E-state index contributed by atoms with van der Waals surface area (Å²) in [6.45, 7) is 33.8.